The molecule has 0 aliphatic rings. The SMILES string of the molecule is NCc1cncn1Cc1ccsc1Cl. The highest BCUT2D eigenvalue weighted by Gasteiger charge is 2.04. The molecule has 2 heterocycles. The van der Waals surface area contributed by atoms with Crippen molar-refractivity contribution in [3.8, 4) is 0 Å². The monoisotopic (exact) mass is 227 g/mol. The Kier molecular flexibility index (Phi) is 2.86. The lowest BCUT2D eigenvalue weighted by Crippen LogP contribution is -2.06. The Morgan fingerprint density at radius 3 is 3.07 bits per heavy atom. The maximum Gasteiger partial charge on any atom is 0.0978 e. The lowest BCUT2D eigenvalue weighted by atomic mass is 10.3. The number of nitrogens with zero attached hydrogens (tertiary/aromatic N) is 2. The van der Waals surface area contributed by atoms with Crippen LogP contribution in [0.3, 0.4) is 0 Å². The Labute approximate surface area is 91.1 Å². The second-order valence-corrected chi connectivity index (χ2v) is 4.45. The molecule has 0 saturated heterocycles. The van der Waals surface area contributed by atoms with Crippen molar-refractivity contribution in [2.75, 3.05) is 0 Å². The van der Waals surface area contributed by atoms with E-state index < -0.39 is 0 Å². The van der Waals surface area contributed by atoms with Gasteiger partial charge in [-0.15, -0.1) is 11.3 Å². The summed E-state index contributed by atoms with van der Waals surface area (Å²) in [4.78, 5) is 4.05. The Balaban J connectivity index is 2.22. The van der Waals surface area contributed by atoms with Crippen LogP contribution < -0.4 is 5.73 Å². The number of nitrogens with two attached hydrogens (primary N) is 1. The third-order valence-electron chi connectivity index (χ3n) is 2.04. The highest BCUT2D eigenvalue weighted by atomic mass is 35.5. The molecule has 0 amide bonds. The molecule has 74 valence electrons. The predicted molar refractivity (Wildman–Crippen MR) is 58.5 cm³/mol. The first-order valence-corrected chi connectivity index (χ1v) is 5.48. The first-order chi connectivity index (χ1) is 6.81. The number of hydrogen-bond donors (Lipinski definition) is 1. The first kappa shape index (κ1) is 9.71. The van der Waals surface area contributed by atoms with Crippen LogP contribution in [-0.2, 0) is 13.1 Å². The molecule has 2 rings (SSSR count). The molecule has 0 aliphatic carbocycles. The Bertz CT molecular complexity index is 421. The van der Waals surface area contributed by atoms with Gasteiger partial charge in [-0.05, 0) is 11.4 Å². The van der Waals surface area contributed by atoms with E-state index >= 15 is 0 Å². The van der Waals surface area contributed by atoms with Crippen LogP contribution in [0.4, 0.5) is 0 Å². The van der Waals surface area contributed by atoms with Crippen molar-refractivity contribution in [2.24, 2.45) is 5.73 Å². The molecule has 2 aromatic heterocycles. The van der Waals surface area contributed by atoms with Gasteiger partial charge >= 0.3 is 0 Å². The molecule has 0 atom stereocenters. The van der Waals surface area contributed by atoms with Gasteiger partial charge in [0, 0.05) is 18.3 Å². The van der Waals surface area contributed by atoms with Crippen molar-refractivity contribution in [1.29, 1.82) is 0 Å². The number of hydrogen-bond acceptors (Lipinski definition) is 3. The zero-order chi connectivity index (χ0) is 9.97. The van der Waals surface area contributed by atoms with E-state index in [-0.39, 0.29) is 0 Å². The van der Waals surface area contributed by atoms with E-state index in [1.54, 1.807) is 23.9 Å². The number of halogens is 1. The van der Waals surface area contributed by atoms with Crippen molar-refractivity contribution in [3.63, 3.8) is 0 Å². The molecule has 0 unspecified atom stereocenters. The Hall–Kier alpha value is -0.840. The van der Waals surface area contributed by atoms with Crippen LogP contribution in [0.5, 0.6) is 0 Å². The van der Waals surface area contributed by atoms with Gasteiger partial charge in [0.1, 0.15) is 0 Å². The molecule has 0 aliphatic heterocycles. The molecule has 0 aromatic carbocycles. The van der Waals surface area contributed by atoms with E-state index in [4.69, 9.17) is 17.3 Å². The minimum absolute atomic E-state index is 0.502. The molecule has 0 fully saturated rings. The summed E-state index contributed by atoms with van der Waals surface area (Å²) in [5.41, 5.74) is 7.71. The summed E-state index contributed by atoms with van der Waals surface area (Å²) in [6.45, 7) is 1.25. The summed E-state index contributed by atoms with van der Waals surface area (Å²) in [6.07, 6.45) is 3.55. The lowest BCUT2D eigenvalue weighted by molar-refractivity contribution is 0.742. The van der Waals surface area contributed by atoms with Crippen molar-refractivity contribution in [2.45, 2.75) is 13.1 Å². The summed E-state index contributed by atoms with van der Waals surface area (Å²) in [5, 5.41) is 1.98. The maximum atomic E-state index is 6.01. The topological polar surface area (TPSA) is 43.8 Å². The van der Waals surface area contributed by atoms with Crippen molar-refractivity contribution in [3.05, 3.63) is 39.6 Å². The van der Waals surface area contributed by atoms with Crippen LogP contribution in [0.2, 0.25) is 4.34 Å². The molecule has 0 radical (unpaired) electrons. The summed E-state index contributed by atoms with van der Waals surface area (Å²) in [7, 11) is 0. The smallest absolute Gasteiger partial charge is 0.0978 e. The predicted octanol–water partition coefficient (Wildman–Crippen LogP) is 2.10. The average molecular weight is 228 g/mol. The van der Waals surface area contributed by atoms with E-state index in [1.165, 1.54) is 0 Å². The maximum absolute atomic E-state index is 6.01. The summed E-state index contributed by atoms with van der Waals surface area (Å²) < 4.78 is 2.84. The van der Waals surface area contributed by atoms with Crippen LogP contribution >= 0.6 is 22.9 Å². The van der Waals surface area contributed by atoms with Gasteiger partial charge < -0.3 is 10.3 Å². The largest absolute Gasteiger partial charge is 0.329 e. The molecule has 0 spiro atoms. The minimum atomic E-state index is 0.502. The first-order valence-electron chi connectivity index (χ1n) is 4.22. The van der Waals surface area contributed by atoms with Crippen LogP contribution in [0.1, 0.15) is 11.3 Å². The van der Waals surface area contributed by atoms with Gasteiger partial charge in [0.25, 0.3) is 0 Å². The van der Waals surface area contributed by atoms with Gasteiger partial charge in [0.15, 0.2) is 0 Å². The summed E-state index contributed by atoms with van der Waals surface area (Å²) in [5.74, 6) is 0. The zero-order valence-corrected chi connectivity index (χ0v) is 9.05. The Morgan fingerprint density at radius 2 is 2.43 bits per heavy atom. The highest BCUT2D eigenvalue weighted by Crippen LogP contribution is 2.23. The molecule has 5 heteroatoms. The third-order valence-corrected chi connectivity index (χ3v) is 3.29. The fraction of sp³-hybridized carbons (Fsp3) is 0.222. The van der Waals surface area contributed by atoms with E-state index in [9.17, 15) is 0 Å². The van der Waals surface area contributed by atoms with Crippen molar-refractivity contribution >= 4 is 22.9 Å². The number of thiophene rings is 1. The van der Waals surface area contributed by atoms with Gasteiger partial charge in [-0.2, -0.15) is 0 Å². The number of rotatable bonds is 3. The fourth-order valence-corrected chi connectivity index (χ4v) is 2.19. The average Bonchev–Trinajstić information content (AvgIpc) is 2.77. The van der Waals surface area contributed by atoms with Gasteiger partial charge in [0.2, 0.25) is 0 Å². The molecule has 0 bridgehead atoms. The van der Waals surface area contributed by atoms with Gasteiger partial charge in [-0.25, -0.2) is 4.98 Å². The third kappa shape index (κ3) is 1.82. The molecule has 2 N–H and O–H groups in total. The number of aromatic nitrogens is 2. The standard InChI is InChI=1S/C9H10ClN3S/c10-9-7(1-2-14-9)5-13-6-12-4-8(13)3-11/h1-2,4,6H,3,5,11H2. The van der Waals surface area contributed by atoms with Crippen LogP contribution in [0.15, 0.2) is 24.0 Å². The van der Waals surface area contributed by atoms with Gasteiger partial charge in [-0.1, -0.05) is 11.6 Å². The molecular weight excluding hydrogens is 218 g/mol. The normalized spacial score (nSPS) is 10.7. The Morgan fingerprint density at radius 1 is 1.57 bits per heavy atom. The van der Waals surface area contributed by atoms with E-state index in [1.807, 2.05) is 16.0 Å². The summed E-state index contributed by atoms with van der Waals surface area (Å²) in [6, 6.07) is 2.02. The minimum Gasteiger partial charge on any atom is -0.329 e. The molecule has 2 aromatic rings. The van der Waals surface area contributed by atoms with Gasteiger partial charge in [-0.3, -0.25) is 0 Å². The highest BCUT2D eigenvalue weighted by molar-refractivity contribution is 7.14. The van der Waals surface area contributed by atoms with Crippen LogP contribution in [0.25, 0.3) is 0 Å². The second-order valence-electron chi connectivity index (χ2n) is 2.94. The van der Waals surface area contributed by atoms with Crippen LogP contribution in [0, 0.1) is 0 Å². The molecular formula is C9H10ClN3S. The lowest BCUT2D eigenvalue weighted by Gasteiger charge is -2.04. The van der Waals surface area contributed by atoms with E-state index in [0.29, 0.717) is 6.54 Å². The molecule has 14 heavy (non-hydrogen) atoms. The summed E-state index contributed by atoms with van der Waals surface area (Å²) >= 11 is 7.55. The van der Waals surface area contributed by atoms with Crippen molar-refractivity contribution < 1.29 is 0 Å². The molecule has 3 nitrogen and oxygen atoms in total. The van der Waals surface area contributed by atoms with Crippen molar-refractivity contribution in [1.82, 2.24) is 9.55 Å². The number of imidazole rings is 1. The zero-order valence-electron chi connectivity index (χ0n) is 7.48. The molecule has 0 saturated carbocycles. The second kappa shape index (κ2) is 4.13. The van der Waals surface area contributed by atoms with E-state index in [2.05, 4.69) is 4.98 Å². The van der Waals surface area contributed by atoms with Crippen LogP contribution in [-0.4, -0.2) is 9.55 Å². The van der Waals surface area contributed by atoms with Gasteiger partial charge in [0.05, 0.1) is 22.9 Å². The quantitative estimate of drug-likeness (QED) is 0.873. The van der Waals surface area contributed by atoms with E-state index in [0.717, 1.165) is 22.1 Å². The fourth-order valence-electron chi connectivity index (χ4n) is 1.28.